The van der Waals surface area contributed by atoms with Crippen molar-refractivity contribution in [3.8, 4) is 0 Å². The van der Waals surface area contributed by atoms with Crippen LogP contribution in [-0.2, 0) is 4.65 Å². The van der Waals surface area contributed by atoms with Gasteiger partial charge in [0.25, 0.3) is 0 Å². The Hall–Kier alpha value is -1.07. The van der Waals surface area contributed by atoms with Crippen LogP contribution in [0.15, 0.2) is 36.4 Å². The van der Waals surface area contributed by atoms with Crippen LogP contribution in [0.2, 0.25) is 5.02 Å². The number of aliphatic hydroxyl groups is 1. The highest BCUT2D eigenvalue weighted by Crippen LogP contribution is 2.37. The van der Waals surface area contributed by atoms with Gasteiger partial charge in [0.2, 0.25) is 0 Å². The summed E-state index contributed by atoms with van der Waals surface area (Å²) in [5.41, 5.74) is -0.643. The number of hydrogen-bond acceptors (Lipinski definition) is 3. The Morgan fingerprint density at radius 1 is 1.04 bits per heavy atom. The second-order valence-electron chi connectivity index (χ2n) is 6.87. The van der Waals surface area contributed by atoms with Crippen LogP contribution in [0.1, 0.15) is 27.7 Å². The Labute approximate surface area is 146 Å². The molecule has 5 heteroatoms. The Balaban J connectivity index is 1.97. The summed E-state index contributed by atoms with van der Waals surface area (Å²) < 4.78 is 8.28. The SMILES string of the molecule is CC(C)(O)C(C)(C)OBc1ccc2c(sc3ccccc32)c1Cl. The third kappa shape index (κ3) is 3.01. The van der Waals surface area contributed by atoms with Crippen molar-refractivity contribution in [3.05, 3.63) is 41.4 Å². The third-order valence-corrected chi connectivity index (χ3v) is 6.38. The molecule has 0 aliphatic heterocycles. The molecular formula is C18H20BClO2S. The lowest BCUT2D eigenvalue weighted by molar-refractivity contribution is -0.0893. The van der Waals surface area contributed by atoms with E-state index in [9.17, 15) is 5.11 Å². The number of thiophene rings is 1. The van der Waals surface area contributed by atoms with Crippen LogP contribution in [0.25, 0.3) is 20.2 Å². The lowest BCUT2D eigenvalue weighted by Gasteiger charge is -2.37. The van der Waals surface area contributed by atoms with Gasteiger partial charge >= 0.3 is 7.48 Å². The molecule has 1 heterocycles. The maximum Gasteiger partial charge on any atom is 0.311 e. The summed E-state index contributed by atoms with van der Waals surface area (Å²) in [5.74, 6) is 0. The molecule has 0 spiro atoms. The Bertz CT molecular complexity index is 864. The fraction of sp³-hybridized carbons (Fsp3) is 0.333. The van der Waals surface area contributed by atoms with Gasteiger partial charge in [-0.05, 0) is 39.2 Å². The molecule has 23 heavy (non-hydrogen) atoms. The van der Waals surface area contributed by atoms with E-state index in [4.69, 9.17) is 16.3 Å². The quantitative estimate of drug-likeness (QED) is 0.716. The van der Waals surface area contributed by atoms with Crippen molar-refractivity contribution >= 4 is 56.1 Å². The normalized spacial score (nSPS) is 13.0. The summed E-state index contributed by atoms with van der Waals surface area (Å²) in [4.78, 5) is 0. The fourth-order valence-electron chi connectivity index (χ4n) is 2.34. The van der Waals surface area contributed by atoms with Crippen molar-refractivity contribution in [3.63, 3.8) is 0 Å². The van der Waals surface area contributed by atoms with Crippen molar-refractivity contribution in [1.82, 2.24) is 0 Å². The van der Waals surface area contributed by atoms with Crippen LogP contribution in [-0.4, -0.2) is 23.8 Å². The second kappa shape index (κ2) is 5.78. The minimum atomic E-state index is -0.929. The molecule has 3 aromatic rings. The van der Waals surface area contributed by atoms with E-state index in [2.05, 4.69) is 18.2 Å². The van der Waals surface area contributed by atoms with Crippen LogP contribution in [0.3, 0.4) is 0 Å². The lowest BCUT2D eigenvalue weighted by Crippen LogP contribution is -2.49. The Morgan fingerprint density at radius 3 is 2.43 bits per heavy atom. The highest BCUT2D eigenvalue weighted by Gasteiger charge is 2.35. The first-order chi connectivity index (χ1) is 10.7. The highest BCUT2D eigenvalue weighted by molar-refractivity contribution is 7.26. The molecule has 2 aromatic carbocycles. The summed E-state index contributed by atoms with van der Waals surface area (Å²) in [5, 5.41) is 13.4. The van der Waals surface area contributed by atoms with Gasteiger partial charge in [-0.1, -0.05) is 41.9 Å². The van der Waals surface area contributed by atoms with Crippen molar-refractivity contribution in [1.29, 1.82) is 0 Å². The van der Waals surface area contributed by atoms with Gasteiger partial charge in [0.15, 0.2) is 0 Å². The molecule has 0 radical (unpaired) electrons. The average molecular weight is 347 g/mol. The van der Waals surface area contributed by atoms with Crippen molar-refractivity contribution < 1.29 is 9.76 Å². The van der Waals surface area contributed by atoms with E-state index in [1.165, 1.54) is 15.5 Å². The van der Waals surface area contributed by atoms with Crippen LogP contribution in [0.4, 0.5) is 0 Å². The molecule has 3 rings (SSSR count). The Morgan fingerprint density at radius 2 is 1.74 bits per heavy atom. The molecule has 0 saturated heterocycles. The Kier molecular flexibility index (Phi) is 4.22. The van der Waals surface area contributed by atoms with E-state index in [1.54, 1.807) is 25.2 Å². The molecular weight excluding hydrogens is 327 g/mol. The van der Waals surface area contributed by atoms with Crippen LogP contribution >= 0.6 is 22.9 Å². The first-order valence-corrected chi connectivity index (χ1v) is 8.85. The van der Waals surface area contributed by atoms with Gasteiger partial charge in [0, 0.05) is 15.5 Å². The van der Waals surface area contributed by atoms with E-state index < -0.39 is 11.2 Å². The molecule has 0 unspecified atom stereocenters. The highest BCUT2D eigenvalue weighted by atomic mass is 35.5. The van der Waals surface area contributed by atoms with Crippen LogP contribution in [0, 0.1) is 0 Å². The molecule has 0 amide bonds. The summed E-state index contributed by atoms with van der Waals surface area (Å²) in [6.45, 7) is 7.28. The maximum atomic E-state index is 10.2. The smallest absolute Gasteiger partial charge is 0.311 e. The first kappa shape index (κ1) is 16.8. The molecule has 0 aliphatic rings. The number of halogens is 1. The monoisotopic (exact) mass is 346 g/mol. The molecule has 120 valence electrons. The largest absolute Gasteiger partial charge is 0.427 e. The molecule has 1 N–H and O–H groups in total. The van der Waals surface area contributed by atoms with E-state index in [0.29, 0.717) is 7.48 Å². The summed E-state index contributed by atoms with van der Waals surface area (Å²) in [6.07, 6.45) is 0. The zero-order valence-corrected chi connectivity index (χ0v) is 15.4. The van der Waals surface area contributed by atoms with Crippen molar-refractivity contribution in [2.45, 2.75) is 38.9 Å². The topological polar surface area (TPSA) is 29.5 Å². The van der Waals surface area contributed by atoms with Gasteiger partial charge in [-0.3, -0.25) is 0 Å². The van der Waals surface area contributed by atoms with Gasteiger partial charge in [-0.15, -0.1) is 11.3 Å². The predicted octanol–water partition coefficient (Wildman–Crippen LogP) is 4.25. The van der Waals surface area contributed by atoms with Crippen LogP contribution < -0.4 is 5.46 Å². The van der Waals surface area contributed by atoms with Crippen molar-refractivity contribution in [2.75, 3.05) is 0 Å². The third-order valence-electron chi connectivity index (χ3n) is 4.63. The van der Waals surface area contributed by atoms with Crippen LogP contribution in [0.5, 0.6) is 0 Å². The first-order valence-electron chi connectivity index (χ1n) is 7.66. The zero-order chi connectivity index (χ0) is 16.8. The summed E-state index contributed by atoms with van der Waals surface area (Å²) in [7, 11) is 0.375. The number of fused-ring (bicyclic) bond motifs is 3. The van der Waals surface area contributed by atoms with Gasteiger partial charge < -0.3 is 9.76 Å². The number of benzene rings is 2. The molecule has 0 saturated carbocycles. The number of hydrogen-bond donors (Lipinski definition) is 1. The van der Waals surface area contributed by atoms with E-state index in [-0.39, 0.29) is 0 Å². The predicted molar refractivity (Wildman–Crippen MR) is 103 cm³/mol. The zero-order valence-electron chi connectivity index (χ0n) is 13.8. The average Bonchev–Trinajstić information content (AvgIpc) is 2.85. The molecule has 0 aliphatic carbocycles. The second-order valence-corrected chi connectivity index (χ2v) is 8.30. The minimum absolute atomic E-state index is 0.375. The molecule has 1 aromatic heterocycles. The van der Waals surface area contributed by atoms with Gasteiger partial charge in [0.1, 0.15) is 0 Å². The summed E-state index contributed by atoms with van der Waals surface area (Å²) >= 11 is 8.33. The van der Waals surface area contributed by atoms with Crippen molar-refractivity contribution in [2.24, 2.45) is 0 Å². The summed E-state index contributed by atoms with van der Waals surface area (Å²) in [6, 6.07) is 12.5. The maximum absolute atomic E-state index is 10.2. The van der Waals surface area contributed by atoms with Gasteiger partial charge in [-0.2, -0.15) is 0 Å². The fourth-order valence-corrected chi connectivity index (χ4v) is 3.84. The molecule has 0 fully saturated rings. The lowest BCUT2D eigenvalue weighted by atomic mass is 9.82. The minimum Gasteiger partial charge on any atom is -0.427 e. The standard InChI is InChI=1S/C18H20BClO2S/c1-17(2,21)18(3,4)22-19-13-10-9-12-11-7-5-6-8-14(11)23-16(12)15(13)20/h5-10,19,21H,1-4H3. The molecule has 0 atom stereocenters. The van der Waals surface area contributed by atoms with Gasteiger partial charge in [-0.25, -0.2) is 0 Å². The van der Waals surface area contributed by atoms with E-state index in [0.717, 1.165) is 15.2 Å². The number of rotatable bonds is 4. The van der Waals surface area contributed by atoms with E-state index >= 15 is 0 Å². The van der Waals surface area contributed by atoms with Gasteiger partial charge in [0.05, 0.1) is 20.9 Å². The van der Waals surface area contributed by atoms with E-state index in [1.807, 2.05) is 32.0 Å². The molecule has 0 bridgehead atoms. The molecule has 2 nitrogen and oxygen atoms in total.